The minimum atomic E-state index is -0.838. The topological polar surface area (TPSA) is 43.8 Å². The molecule has 1 radical (unpaired) electrons. The first-order chi connectivity index (χ1) is 8.16. The zero-order valence-electron chi connectivity index (χ0n) is 11.1. The number of carboxylic acid groups (broad SMARTS) is 1. The van der Waals surface area contributed by atoms with Crippen molar-refractivity contribution in [1.82, 2.24) is 9.80 Å². The predicted octanol–water partition coefficient (Wildman–Crippen LogP) is 0.751. The average Bonchev–Trinajstić information content (AvgIpc) is 2.32. The Bertz CT molecular complexity index is 404. The van der Waals surface area contributed by atoms with Gasteiger partial charge in [-0.1, -0.05) is 18.2 Å². The van der Waals surface area contributed by atoms with Gasteiger partial charge in [-0.25, -0.2) is 4.79 Å². The summed E-state index contributed by atoms with van der Waals surface area (Å²) in [6, 6.07) is 7.25. The molecule has 1 fully saturated rings. The molecule has 93 valence electrons. The van der Waals surface area contributed by atoms with Crippen molar-refractivity contribution >= 4 is 24.8 Å². The van der Waals surface area contributed by atoms with Crippen LogP contribution in [0, 0.1) is 0 Å². The number of piperazine rings is 1. The monoisotopic (exact) mass is 241 g/mol. The van der Waals surface area contributed by atoms with Crippen LogP contribution in [0.4, 0.5) is 0 Å². The van der Waals surface area contributed by atoms with Gasteiger partial charge in [-0.3, -0.25) is 4.90 Å². The largest absolute Gasteiger partial charge is 0.478 e. The van der Waals surface area contributed by atoms with Gasteiger partial charge in [0, 0.05) is 51.6 Å². The molecule has 1 saturated heterocycles. The molecule has 1 heterocycles. The number of hydrogen-bond acceptors (Lipinski definition) is 3. The maximum atomic E-state index is 11.1. The summed E-state index contributed by atoms with van der Waals surface area (Å²) in [5.74, 6) is -0.838. The number of likely N-dealkylation sites (N-methyl/N-ethyl adjacent to an activating group) is 1. The summed E-state index contributed by atoms with van der Waals surface area (Å²) in [5.41, 5.74) is 1.33. The van der Waals surface area contributed by atoms with Crippen molar-refractivity contribution in [2.75, 3.05) is 33.2 Å². The molecule has 0 aliphatic carbocycles. The molecule has 0 amide bonds. The van der Waals surface area contributed by atoms with Crippen LogP contribution in [-0.2, 0) is 6.54 Å². The molecule has 0 spiro atoms. The summed E-state index contributed by atoms with van der Waals surface area (Å²) >= 11 is 0. The first-order valence-corrected chi connectivity index (χ1v) is 5.89. The van der Waals surface area contributed by atoms with E-state index in [1.807, 2.05) is 12.1 Å². The van der Waals surface area contributed by atoms with Crippen molar-refractivity contribution in [3.05, 3.63) is 35.4 Å². The zero-order valence-corrected chi connectivity index (χ0v) is 11.1. The maximum absolute atomic E-state index is 11.1. The van der Waals surface area contributed by atoms with Crippen LogP contribution in [0.5, 0.6) is 0 Å². The van der Waals surface area contributed by atoms with Gasteiger partial charge < -0.3 is 10.0 Å². The van der Waals surface area contributed by atoms with Gasteiger partial charge >= 0.3 is 5.97 Å². The second-order valence-electron chi connectivity index (χ2n) is 4.54. The van der Waals surface area contributed by atoms with Crippen molar-refractivity contribution in [3.63, 3.8) is 0 Å². The maximum Gasteiger partial charge on any atom is 0.336 e. The molecule has 0 unspecified atom stereocenters. The Morgan fingerprint density at radius 1 is 1.22 bits per heavy atom. The summed E-state index contributed by atoms with van der Waals surface area (Å²) in [6.45, 7) is 4.84. The van der Waals surface area contributed by atoms with Crippen LogP contribution in [0.3, 0.4) is 0 Å². The standard InChI is InChI=1S/C13H18N2O2.Li/c1-14-6-8-15(9-7-14)10-11-4-2-3-5-12(11)13(16)17;/h2-5H,6-10H2,1H3,(H,16,17);. The number of benzene rings is 1. The van der Waals surface area contributed by atoms with Crippen LogP contribution in [0.1, 0.15) is 15.9 Å². The average molecular weight is 241 g/mol. The van der Waals surface area contributed by atoms with E-state index in [-0.39, 0.29) is 18.9 Å². The molecular weight excluding hydrogens is 223 g/mol. The smallest absolute Gasteiger partial charge is 0.336 e. The van der Waals surface area contributed by atoms with E-state index in [1.165, 1.54) is 0 Å². The van der Waals surface area contributed by atoms with E-state index in [2.05, 4.69) is 16.8 Å². The van der Waals surface area contributed by atoms with Gasteiger partial charge in [0.1, 0.15) is 0 Å². The molecule has 18 heavy (non-hydrogen) atoms. The summed E-state index contributed by atoms with van der Waals surface area (Å²) in [4.78, 5) is 15.7. The van der Waals surface area contributed by atoms with E-state index < -0.39 is 5.97 Å². The third-order valence-corrected chi connectivity index (χ3v) is 3.24. The van der Waals surface area contributed by atoms with Crippen LogP contribution in [0.25, 0.3) is 0 Å². The van der Waals surface area contributed by atoms with Crippen molar-refractivity contribution in [2.24, 2.45) is 0 Å². The number of hydrogen-bond donors (Lipinski definition) is 1. The van der Waals surface area contributed by atoms with Gasteiger partial charge in [0.2, 0.25) is 0 Å². The third kappa shape index (κ3) is 3.86. The molecule has 5 heteroatoms. The minimum Gasteiger partial charge on any atom is -0.478 e. The van der Waals surface area contributed by atoms with E-state index in [1.54, 1.807) is 12.1 Å². The van der Waals surface area contributed by atoms with Crippen LogP contribution in [-0.4, -0.2) is 73.0 Å². The van der Waals surface area contributed by atoms with E-state index in [0.29, 0.717) is 5.56 Å². The Morgan fingerprint density at radius 2 is 1.83 bits per heavy atom. The van der Waals surface area contributed by atoms with Gasteiger partial charge in [-0.2, -0.15) is 0 Å². The molecule has 4 nitrogen and oxygen atoms in total. The second-order valence-corrected chi connectivity index (χ2v) is 4.54. The van der Waals surface area contributed by atoms with Crippen molar-refractivity contribution in [1.29, 1.82) is 0 Å². The molecule has 0 saturated carbocycles. The Labute approximate surface area is 120 Å². The minimum absolute atomic E-state index is 0. The Hall–Kier alpha value is -0.793. The van der Waals surface area contributed by atoms with Crippen LogP contribution < -0.4 is 0 Å². The quantitative estimate of drug-likeness (QED) is 0.793. The molecule has 1 aromatic rings. The summed E-state index contributed by atoms with van der Waals surface area (Å²) in [7, 11) is 2.11. The van der Waals surface area contributed by atoms with Crippen LogP contribution >= 0.6 is 0 Å². The number of carboxylic acids is 1. The SMILES string of the molecule is CN1CCN(Cc2ccccc2C(=O)O)CC1.[Li]. The Kier molecular flexibility index (Phi) is 5.90. The number of rotatable bonds is 3. The third-order valence-electron chi connectivity index (χ3n) is 3.24. The van der Waals surface area contributed by atoms with E-state index in [9.17, 15) is 4.79 Å². The van der Waals surface area contributed by atoms with Crippen molar-refractivity contribution in [2.45, 2.75) is 6.54 Å². The summed E-state index contributed by atoms with van der Waals surface area (Å²) < 4.78 is 0. The van der Waals surface area contributed by atoms with Gasteiger partial charge in [-0.15, -0.1) is 0 Å². The second kappa shape index (κ2) is 6.96. The molecule has 0 bridgehead atoms. The van der Waals surface area contributed by atoms with Gasteiger partial charge in [0.15, 0.2) is 0 Å². The summed E-state index contributed by atoms with van der Waals surface area (Å²) in [5, 5.41) is 9.11. The molecule has 1 aliphatic heterocycles. The van der Waals surface area contributed by atoms with E-state index in [0.717, 1.165) is 38.3 Å². The molecule has 1 N–H and O–H groups in total. The normalized spacial score (nSPS) is 17.2. The number of carbonyl (C=O) groups is 1. The molecule has 0 atom stereocenters. The fourth-order valence-electron chi connectivity index (χ4n) is 2.11. The fraction of sp³-hybridized carbons (Fsp3) is 0.462. The molecule has 0 aromatic heterocycles. The molecule has 1 aromatic carbocycles. The van der Waals surface area contributed by atoms with Gasteiger partial charge in [-0.05, 0) is 18.7 Å². The van der Waals surface area contributed by atoms with Crippen LogP contribution in [0.15, 0.2) is 24.3 Å². The predicted molar refractivity (Wildman–Crippen MR) is 71.9 cm³/mol. The van der Waals surface area contributed by atoms with Gasteiger partial charge in [0.25, 0.3) is 0 Å². The Balaban J connectivity index is 0.00000162. The van der Waals surface area contributed by atoms with Crippen molar-refractivity contribution in [3.8, 4) is 0 Å². The number of nitrogens with zero attached hydrogens (tertiary/aromatic N) is 2. The zero-order chi connectivity index (χ0) is 12.3. The van der Waals surface area contributed by atoms with E-state index >= 15 is 0 Å². The summed E-state index contributed by atoms with van der Waals surface area (Å²) in [6.07, 6.45) is 0. The number of aromatic carboxylic acids is 1. The first-order valence-electron chi connectivity index (χ1n) is 5.89. The molecular formula is C13H18LiN2O2. The van der Waals surface area contributed by atoms with E-state index in [4.69, 9.17) is 5.11 Å². The van der Waals surface area contributed by atoms with Crippen molar-refractivity contribution < 1.29 is 9.90 Å². The molecule has 1 aliphatic rings. The molecule has 2 rings (SSSR count). The van der Waals surface area contributed by atoms with Gasteiger partial charge in [0.05, 0.1) is 5.56 Å². The fourth-order valence-corrected chi connectivity index (χ4v) is 2.11. The van der Waals surface area contributed by atoms with Crippen LogP contribution in [0.2, 0.25) is 0 Å². The first kappa shape index (κ1) is 15.3. The Morgan fingerprint density at radius 3 is 2.44 bits per heavy atom.